The van der Waals surface area contributed by atoms with Crippen LogP contribution in [0, 0.1) is 11.8 Å². The van der Waals surface area contributed by atoms with E-state index in [9.17, 15) is 63.3 Å². The summed E-state index contributed by atoms with van der Waals surface area (Å²) in [5.74, 6) is -9.41. The molecule has 0 unspecified atom stereocenters. The number of nitrogens with two attached hydrogens (primary N) is 7. The Morgan fingerprint density at radius 1 is 0.408 bits per heavy atom. The second-order valence-electron chi connectivity index (χ2n) is 19.7. The predicted molar refractivity (Wildman–Crippen MR) is 279 cm³/mol. The summed E-state index contributed by atoms with van der Waals surface area (Å²) in [7, 11) is 0. The van der Waals surface area contributed by atoms with Crippen LogP contribution in [0.3, 0.4) is 0 Å². The molecule has 0 saturated heterocycles. The molecule has 29 heteroatoms. The Bertz CT molecular complexity index is 1880. The first-order valence-corrected chi connectivity index (χ1v) is 26.2. The molecule has 0 radical (unpaired) electrons. The van der Waals surface area contributed by atoms with Crippen molar-refractivity contribution in [3.8, 4) is 0 Å². The monoisotopic (exact) mass is 1090 g/mol. The van der Waals surface area contributed by atoms with E-state index in [1.807, 2.05) is 0 Å². The molecule has 0 aromatic carbocycles. The summed E-state index contributed by atoms with van der Waals surface area (Å²) in [6, 6.07) is -13.7. The fourth-order valence-electron chi connectivity index (χ4n) is 8.38. The van der Waals surface area contributed by atoms with Crippen LogP contribution < -0.4 is 88.0 Å². The SMILES string of the molecule is CC(C)C[C@@H](NC(=O)[C@H](CCN)NC(=O)[C@H](CCN)NC(=O)[C@H](CCN)NC(=O)[C@@H](NC(=O)[C@@H](N)CCN)[C@@H](C)O)C(=O)N[C@@H](CC1CCCCC1)C(=O)N[C@@H](CCN)C(=O)N[C@@H](CCN)C(=O)N[C@H](C(=O)O)[C@@H](C)O. The van der Waals surface area contributed by atoms with Crippen molar-refractivity contribution in [2.75, 3.05) is 39.3 Å². The molecule has 9 amide bonds. The third kappa shape index (κ3) is 24.6. The molecule has 26 N–H and O–H groups in total. The minimum atomic E-state index is -1.70. The van der Waals surface area contributed by atoms with E-state index in [0.29, 0.717) is 0 Å². The standard InChI is InChI=1S/C47H90N16O13/c1-24(2)22-34(44(72)61-35(23-27-8-6-5-7-9-27)45(73)58-30(12-18-50)40(68)57-33(15-21-53)43(71)63-37(26(4)65)47(75)76)60-42(70)31(13-19-51)56-39(67)29(11-17-49)55-41(69)32(14-20-52)59-46(74)36(25(3)64)62-38(66)28(54)10-16-48/h24-37,64-65H,5-23,48-54H2,1-4H3,(H,55,69)(H,56,67)(H,57,68)(H,58,73)(H,59,74)(H,60,70)(H,61,72)(H,62,66)(H,63,71)(H,75,76)/t25-,26-,28+,29+,30+,31+,32+,33+,34-,35+,36+,37+/m1/s1. The maximum absolute atomic E-state index is 14.3. The van der Waals surface area contributed by atoms with Gasteiger partial charge in [0.25, 0.3) is 0 Å². The number of carbonyl (C=O) groups is 10. The molecule has 0 bridgehead atoms. The van der Waals surface area contributed by atoms with Crippen LogP contribution in [0.25, 0.3) is 0 Å². The molecule has 436 valence electrons. The van der Waals surface area contributed by atoms with Gasteiger partial charge in [-0.05, 0) is 116 Å². The molecule has 1 rings (SSSR count). The van der Waals surface area contributed by atoms with Gasteiger partial charge in [-0.3, -0.25) is 43.2 Å². The van der Waals surface area contributed by atoms with Crippen molar-refractivity contribution in [3.05, 3.63) is 0 Å². The second-order valence-corrected chi connectivity index (χ2v) is 19.7. The van der Waals surface area contributed by atoms with E-state index >= 15 is 0 Å². The van der Waals surface area contributed by atoms with Crippen LogP contribution in [0.15, 0.2) is 0 Å². The van der Waals surface area contributed by atoms with Crippen molar-refractivity contribution in [2.45, 2.75) is 184 Å². The molecule has 0 aliphatic heterocycles. The Labute approximate surface area is 444 Å². The van der Waals surface area contributed by atoms with Gasteiger partial charge in [-0.2, -0.15) is 0 Å². The molecule has 1 fully saturated rings. The lowest BCUT2D eigenvalue weighted by molar-refractivity contribution is -0.145. The van der Waals surface area contributed by atoms with Crippen LogP contribution in [0.5, 0.6) is 0 Å². The first-order valence-electron chi connectivity index (χ1n) is 26.2. The van der Waals surface area contributed by atoms with Gasteiger partial charge in [0, 0.05) is 0 Å². The minimum absolute atomic E-state index is 0.00808. The average Bonchev–Trinajstić information content (AvgIpc) is 3.35. The van der Waals surface area contributed by atoms with Crippen LogP contribution >= 0.6 is 0 Å². The predicted octanol–water partition coefficient (Wildman–Crippen LogP) is -7.37. The molecular weight excluding hydrogens is 997 g/mol. The van der Waals surface area contributed by atoms with Crippen LogP contribution in [0.1, 0.15) is 111 Å². The van der Waals surface area contributed by atoms with Crippen LogP contribution in [-0.2, 0) is 47.9 Å². The van der Waals surface area contributed by atoms with Crippen molar-refractivity contribution in [1.29, 1.82) is 0 Å². The number of aliphatic carboxylic acids is 1. The first kappa shape index (κ1) is 68.4. The highest BCUT2D eigenvalue weighted by Gasteiger charge is 2.37. The molecular formula is C47H90N16O13. The number of hydrogen-bond acceptors (Lipinski definition) is 19. The molecule has 1 aliphatic carbocycles. The van der Waals surface area contributed by atoms with E-state index in [1.165, 1.54) is 6.92 Å². The van der Waals surface area contributed by atoms with Crippen LogP contribution in [0.4, 0.5) is 0 Å². The van der Waals surface area contributed by atoms with Gasteiger partial charge < -0.3 is 103 Å². The van der Waals surface area contributed by atoms with Gasteiger partial charge in [-0.1, -0.05) is 46.0 Å². The van der Waals surface area contributed by atoms with Crippen LogP contribution in [-0.4, -0.2) is 186 Å². The number of carbonyl (C=O) groups excluding carboxylic acids is 9. The summed E-state index contributed by atoms with van der Waals surface area (Å²) in [6.07, 6.45) is 0.921. The second kappa shape index (κ2) is 36.4. The molecule has 29 nitrogen and oxygen atoms in total. The molecule has 0 aromatic heterocycles. The van der Waals surface area contributed by atoms with Gasteiger partial charge in [0.2, 0.25) is 53.2 Å². The zero-order valence-corrected chi connectivity index (χ0v) is 44.5. The summed E-state index contributed by atoms with van der Waals surface area (Å²) in [6.45, 7) is 5.46. The minimum Gasteiger partial charge on any atom is -0.480 e. The third-order valence-electron chi connectivity index (χ3n) is 12.6. The highest BCUT2D eigenvalue weighted by atomic mass is 16.4. The Hall–Kier alpha value is -5.66. The quantitative estimate of drug-likeness (QED) is 0.0275. The number of aliphatic hydroxyl groups excluding tert-OH is 2. The molecule has 1 aliphatic rings. The van der Waals surface area contributed by atoms with Gasteiger partial charge in [0.1, 0.15) is 48.3 Å². The highest BCUT2D eigenvalue weighted by molar-refractivity contribution is 5.98. The summed E-state index contributed by atoms with van der Waals surface area (Å²) < 4.78 is 0. The maximum atomic E-state index is 14.3. The number of carboxylic acids is 1. The summed E-state index contributed by atoms with van der Waals surface area (Å²) in [4.78, 5) is 134. The lowest BCUT2D eigenvalue weighted by atomic mass is 9.84. The van der Waals surface area contributed by atoms with Crippen LogP contribution in [0.2, 0.25) is 0 Å². The molecule has 1 saturated carbocycles. The third-order valence-corrected chi connectivity index (χ3v) is 12.6. The zero-order valence-electron chi connectivity index (χ0n) is 44.5. The molecule has 0 heterocycles. The largest absolute Gasteiger partial charge is 0.480 e. The molecule has 76 heavy (non-hydrogen) atoms. The zero-order chi connectivity index (χ0) is 57.7. The maximum Gasteiger partial charge on any atom is 0.328 e. The van der Waals surface area contributed by atoms with E-state index < -0.39 is 132 Å². The topological polar surface area (TPSA) is 522 Å². The summed E-state index contributed by atoms with van der Waals surface area (Å²) >= 11 is 0. The Morgan fingerprint density at radius 2 is 0.711 bits per heavy atom. The highest BCUT2D eigenvalue weighted by Crippen LogP contribution is 2.27. The van der Waals surface area contributed by atoms with Crippen molar-refractivity contribution >= 4 is 59.1 Å². The number of amides is 9. The van der Waals surface area contributed by atoms with Crippen molar-refractivity contribution in [3.63, 3.8) is 0 Å². The number of nitrogens with one attached hydrogen (secondary N) is 9. The van der Waals surface area contributed by atoms with Gasteiger partial charge in [0.05, 0.1) is 18.2 Å². The number of carboxylic acid groups (broad SMARTS) is 1. The number of aliphatic hydroxyl groups is 2. The number of hydrogen-bond donors (Lipinski definition) is 19. The summed E-state index contributed by atoms with van der Waals surface area (Å²) in [5, 5.41) is 52.3. The van der Waals surface area contributed by atoms with E-state index in [1.54, 1.807) is 13.8 Å². The molecule has 12 atom stereocenters. The van der Waals surface area contributed by atoms with E-state index in [2.05, 4.69) is 47.9 Å². The van der Waals surface area contributed by atoms with Crippen molar-refractivity contribution in [2.24, 2.45) is 52.0 Å². The summed E-state index contributed by atoms with van der Waals surface area (Å²) in [5.41, 5.74) is 40.3. The van der Waals surface area contributed by atoms with Crippen molar-refractivity contribution in [1.82, 2.24) is 47.9 Å². The van der Waals surface area contributed by atoms with Crippen molar-refractivity contribution < 1.29 is 63.3 Å². The lowest BCUT2D eigenvalue weighted by Gasteiger charge is -2.30. The van der Waals surface area contributed by atoms with Gasteiger partial charge >= 0.3 is 5.97 Å². The fourth-order valence-corrected chi connectivity index (χ4v) is 8.38. The first-order chi connectivity index (χ1) is 35.9. The fraction of sp³-hybridized carbons (Fsp3) is 0.787. The van der Waals surface area contributed by atoms with Gasteiger partial charge in [-0.15, -0.1) is 0 Å². The van der Waals surface area contributed by atoms with E-state index in [-0.39, 0.29) is 102 Å². The average molecular weight is 1090 g/mol. The van der Waals surface area contributed by atoms with Gasteiger partial charge in [-0.25, -0.2) is 4.79 Å². The lowest BCUT2D eigenvalue weighted by Crippen LogP contribution is -2.61. The molecule has 0 aromatic rings. The van der Waals surface area contributed by atoms with E-state index in [4.69, 9.17) is 40.1 Å². The number of rotatable bonds is 37. The Balaban J connectivity index is 3.41. The normalized spacial score (nSPS) is 17.5. The molecule has 0 spiro atoms. The Kier molecular flexibility index (Phi) is 32.7. The smallest absolute Gasteiger partial charge is 0.328 e. The Morgan fingerprint density at radius 3 is 1.05 bits per heavy atom. The van der Waals surface area contributed by atoms with Gasteiger partial charge in [0.15, 0.2) is 6.04 Å². The van der Waals surface area contributed by atoms with E-state index in [0.717, 1.165) is 39.0 Å².